The molecule has 0 radical (unpaired) electrons. The lowest BCUT2D eigenvalue weighted by Crippen LogP contribution is -2.28. The van der Waals surface area contributed by atoms with E-state index in [1.807, 2.05) is 31.3 Å². The second kappa shape index (κ2) is 4.12. The number of rotatable bonds is 2. The minimum absolute atomic E-state index is 0.0548. The van der Waals surface area contributed by atoms with Gasteiger partial charge in [-0.2, -0.15) is 0 Å². The van der Waals surface area contributed by atoms with Gasteiger partial charge in [0, 0.05) is 23.9 Å². The number of furan rings is 1. The predicted octanol–water partition coefficient (Wildman–Crippen LogP) is 3.59. The van der Waals surface area contributed by atoms with Gasteiger partial charge in [-0.3, -0.25) is 4.79 Å². The van der Waals surface area contributed by atoms with Crippen LogP contribution < -0.4 is 0 Å². The van der Waals surface area contributed by atoms with Gasteiger partial charge in [-0.05, 0) is 37.0 Å². The van der Waals surface area contributed by atoms with Crippen molar-refractivity contribution < 1.29 is 9.21 Å². The molecule has 1 aliphatic carbocycles. The first kappa shape index (κ1) is 12.3. The molecule has 0 fully saturated rings. The Morgan fingerprint density at radius 2 is 2.05 bits per heavy atom. The monoisotopic (exact) mass is 257 g/mol. The number of fused-ring (bicyclic) bond motifs is 1. The van der Waals surface area contributed by atoms with Crippen LogP contribution >= 0.6 is 0 Å². The molecule has 19 heavy (non-hydrogen) atoms. The van der Waals surface area contributed by atoms with E-state index in [-0.39, 0.29) is 11.2 Å². The predicted molar refractivity (Wildman–Crippen MR) is 73.4 cm³/mol. The van der Waals surface area contributed by atoms with Crippen LogP contribution in [0.3, 0.4) is 0 Å². The normalized spacial score (nSPS) is 17.5. The highest BCUT2D eigenvalue weighted by Gasteiger charge is 2.32. The highest BCUT2D eigenvalue weighted by molar-refractivity contribution is 5.98. The molecule has 0 saturated heterocycles. The molecule has 2 aromatic heterocycles. The molecule has 0 saturated carbocycles. The van der Waals surface area contributed by atoms with Crippen LogP contribution in [0.25, 0.3) is 0 Å². The number of hydrogen-bond donors (Lipinski definition) is 0. The average molecular weight is 257 g/mol. The van der Waals surface area contributed by atoms with E-state index in [4.69, 9.17) is 4.42 Å². The lowest BCUT2D eigenvalue weighted by molar-refractivity contribution is 0.0910. The van der Waals surface area contributed by atoms with Crippen LogP contribution in [0.15, 0.2) is 28.8 Å². The first-order chi connectivity index (χ1) is 8.94. The fraction of sp³-hybridized carbons (Fsp3) is 0.438. The second-order valence-electron chi connectivity index (χ2n) is 6.26. The first-order valence-electron chi connectivity index (χ1n) is 6.71. The number of aromatic nitrogens is 1. The fourth-order valence-electron chi connectivity index (χ4n) is 2.89. The minimum Gasteiger partial charge on any atom is -0.464 e. The van der Waals surface area contributed by atoms with Gasteiger partial charge >= 0.3 is 0 Å². The van der Waals surface area contributed by atoms with E-state index in [2.05, 4.69) is 18.4 Å². The number of nitrogens with zero attached hydrogens (tertiary/aromatic N) is 1. The van der Waals surface area contributed by atoms with Gasteiger partial charge in [-0.25, -0.2) is 0 Å². The molecule has 100 valence electrons. The van der Waals surface area contributed by atoms with Gasteiger partial charge in [-0.1, -0.05) is 13.8 Å². The molecular formula is C16H19NO2. The van der Waals surface area contributed by atoms with E-state index < -0.39 is 0 Å². The Labute approximate surface area is 113 Å². The maximum Gasteiger partial charge on any atom is 0.165 e. The molecular weight excluding hydrogens is 238 g/mol. The summed E-state index contributed by atoms with van der Waals surface area (Å²) in [5.74, 6) is 2.12. The van der Waals surface area contributed by atoms with E-state index in [0.717, 1.165) is 29.2 Å². The number of aryl methyl sites for hydroxylation is 1. The second-order valence-corrected chi connectivity index (χ2v) is 6.26. The van der Waals surface area contributed by atoms with Crippen molar-refractivity contribution >= 4 is 5.78 Å². The van der Waals surface area contributed by atoms with E-state index >= 15 is 0 Å². The molecule has 0 amide bonds. The molecule has 1 aliphatic rings. The third-order valence-electron chi connectivity index (χ3n) is 3.79. The molecule has 0 aromatic carbocycles. The number of carbonyl (C=O) groups is 1. The quantitative estimate of drug-likeness (QED) is 0.824. The lowest BCUT2D eigenvalue weighted by Gasteiger charge is -2.29. The van der Waals surface area contributed by atoms with Crippen molar-refractivity contribution in [2.24, 2.45) is 5.41 Å². The Bertz CT molecular complexity index is 631. The van der Waals surface area contributed by atoms with Crippen molar-refractivity contribution in [1.29, 1.82) is 0 Å². The van der Waals surface area contributed by atoms with E-state index in [9.17, 15) is 4.79 Å². The van der Waals surface area contributed by atoms with Crippen LogP contribution in [0.5, 0.6) is 0 Å². The molecule has 2 heterocycles. The van der Waals surface area contributed by atoms with Gasteiger partial charge in [-0.15, -0.1) is 0 Å². The highest BCUT2D eigenvalue weighted by Crippen LogP contribution is 2.35. The molecule has 0 unspecified atom stereocenters. The summed E-state index contributed by atoms with van der Waals surface area (Å²) >= 11 is 0. The highest BCUT2D eigenvalue weighted by atomic mass is 16.3. The molecule has 0 atom stereocenters. The first-order valence-corrected chi connectivity index (χ1v) is 6.71. The van der Waals surface area contributed by atoms with Gasteiger partial charge in [0.1, 0.15) is 11.5 Å². The standard InChI is InChI=1S/C16H19NO2/c1-11-4-5-12(19-11)10-17-7-6-13-14(17)8-16(2,3)9-15(13)18/h4-7H,8-10H2,1-3H3. The van der Waals surface area contributed by atoms with Gasteiger partial charge < -0.3 is 8.98 Å². The molecule has 0 spiro atoms. The Morgan fingerprint density at radius 3 is 2.74 bits per heavy atom. The summed E-state index contributed by atoms with van der Waals surface area (Å²) < 4.78 is 7.77. The zero-order chi connectivity index (χ0) is 13.6. The third kappa shape index (κ3) is 2.25. The molecule has 0 N–H and O–H groups in total. The van der Waals surface area contributed by atoms with Crippen molar-refractivity contribution in [3.05, 3.63) is 47.2 Å². The van der Waals surface area contributed by atoms with Crippen molar-refractivity contribution in [3.63, 3.8) is 0 Å². The van der Waals surface area contributed by atoms with E-state index in [0.29, 0.717) is 13.0 Å². The Kier molecular flexibility index (Phi) is 2.66. The van der Waals surface area contributed by atoms with Crippen molar-refractivity contribution in [3.8, 4) is 0 Å². The van der Waals surface area contributed by atoms with Crippen LogP contribution in [0.4, 0.5) is 0 Å². The summed E-state index contributed by atoms with van der Waals surface area (Å²) in [6.07, 6.45) is 3.59. The zero-order valence-electron chi connectivity index (χ0n) is 11.7. The Hall–Kier alpha value is -1.77. The Morgan fingerprint density at radius 1 is 1.26 bits per heavy atom. The summed E-state index contributed by atoms with van der Waals surface area (Å²) in [6, 6.07) is 5.92. The smallest absolute Gasteiger partial charge is 0.165 e. The molecule has 0 bridgehead atoms. The van der Waals surface area contributed by atoms with Crippen LogP contribution in [0.1, 0.15) is 47.8 Å². The average Bonchev–Trinajstić information content (AvgIpc) is 2.86. The number of ketones is 1. The summed E-state index contributed by atoms with van der Waals surface area (Å²) in [5, 5.41) is 0. The molecule has 2 aromatic rings. The maximum absolute atomic E-state index is 12.1. The Balaban J connectivity index is 1.95. The van der Waals surface area contributed by atoms with Gasteiger partial charge in [0.25, 0.3) is 0 Å². The van der Waals surface area contributed by atoms with E-state index in [1.54, 1.807) is 0 Å². The fourth-order valence-corrected chi connectivity index (χ4v) is 2.89. The largest absolute Gasteiger partial charge is 0.464 e. The van der Waals surface area contributed by atoms with Crippen molar-refractivity contribution in [2.75, 3.05) is 0 Å². The summed E-state index contributed by atoms with van der Waals surface area (Å²) in [6.45, 7) is 6.96. The van der Waals surface area contributed by atoms with Crippen LogP contribution in [-0.4, -0.2) is 10.4 Å². The SMILES string of the molecule is Cc1ccc(Cn2ccc3c2CC(C)(C)CC3=O)o1. The van der Waals surface area contributed by atoms with E-state index in [1.165, 1.54) is 0 Å². The van der Waals surface area contributed by atoms with Crippen molar-refractivity contribution in [2.45, 2.75) is 40.2 Å². The molecule has 3 heteroatoms. The van der Waals surface area contributed by atoms with Crippen LogP contribution in [0, 0.1) is 12.3 Å². The third-order valence-corrected chi connectivity index (χ3v) is 3.79. The summed E-state index contributed by atoms with van der Waals surface area (Å²) in [7, 11) is 0. The van der Waals surface area contributed by atoms with Gasteiger partial charge in [0.15, 0.2) is 5.78 Å². The summed E-state index contributed by atoms with van der Waals surface area (Å²) in [4.78, 5) is 12.1. The molecule has 3 rings (SSSR count). The number of Topliss-reactive ketones (excluding diaryl/α,β-unsaturated/α-hetero) is 1. The lowest BCUT2D eigenvalue weighted by atomic mass is 9.76. The van der Waals surface area contributed by atoms with Crippen LogP contribution in [0.2, 0.25) is 0 Å². The van der Waals surface area contributed by atoms with Gasteiger partial charge in [0.05, 0.1) is 6.54 Å². The van der Waals surface area contributed by atoms with Crippen molar-refractivity contribution in [1.82, 2.24) is 4.57 Å². The van der Waals surface area contributed by atoms with Gasteiger partial charge in [0.2, 0.25) is 0 Å². The number of hydrogen-bond acceptors (Lipinski definition) is 2. The molecule has 0 aliphatic heterocycles. The minimum atomic E-state index is 0.0548. The zero-order valence-corrected chi connectivity index (χ0v) is 11.7. The summed E-state index contributed by atoms with van der Waals surface area (Å²) in [5.41, 5.74) is 2.09. The van der Waals surface area contributed by atoms with Crippen LogP contribution in [-0.2, 0) is 13.0 Å². The molecule has 3 nitrogen and oxygen atoms in total. The topological polar surface area (TPSA) is 35.1 Å². The number of carbonyl (C=O) groups excluding carboxylic acids is 1. The maximum atomic E-state index is 12.1.